The number of anilines is 1. The average Bonchev–Trinajstić information content (AvgIpc) is 2.69. The number of piperazine rings is 1. The maximum atomic E-state index is 12.8. The van der Waals surface area contributed by atoms with Crippen molar-refractivity contribution in [3.63, 3.8) is 0 Å². The Labute approximate surface area is 162 Å². The van der Waals surface area contributed by atoms with Gasteiger partial charge in [-0.3, -0.25) is 4.79 Å². The first-order valence-electron chi connectivity index (χ1n) is 8.46. The number of aromatic nitrogens is 2. The summed E-state index contributed by atoms with van der Waals surface area (Å²) in [4.78, 5) is 25.4. The molecule has 2 heterocycles. The molecule has 1 aliphatic heterocycles. The number of benzene rings is 1. The van der Waals surface area contributed by atoms with E-state index >= 15 is 0 Å². The molecule has 3 rings (SSSR count). The van der Waals surface area contributed by atoms with Crippen LogP contribution in [-0.2, 0) is 0 Å². The van der Waals surface area contributed by atoms with E-state index in [2.05, 4.69) is 14.9 Å². The third-order valence-electron chi connectivity index (χ3n) is 4.20. The summed E-state index contributed by atoms with van der Waals surface area (Å²) in [6.45, 7) is 4.79. The summed E-state index contributed by atoms with van der Waals surface area (Å²) in [5.41, 5.74) is 1.41. The van der Waals surface area contributed by atoms with E-state index in [0.29, 0.717) is 23.3 Å². The number of ether oxygens (including phenoxy) is 1. The molecule has 0 atom stereocenters. The van der Waals surface area contributed by atoms with Gasteiger partial charge in [0.15, 0.2) is 10.9 Å². The highest BCUT2D eigenvalue weighted by atomic mass is 35.5. The SMILES string of the molecule is CCSc1ncc(Cl)c(C(=O)N2CCN(c3ccc(OC)cc3)CC2)n1. The van der Waals surface area contributed by atoms with Gasteiger partial charge in [0.25, 0.3) is 5.91 Å². The zero-order chi connectivity index (χ0) is 18.5. The molecule has 8 heteroatoms. The standard InChI is InChI=1S/C18H21ClN4O2S/c1-3-26-18-20-12-15(19)16(21-18)17(24)23-10-8-22(9-11-23)13-4-6-14(25-2)7-5-13/h4-7,12H,3,8-11H2,1-2H3. The zero-order valence-electron chi connectivity index (χ0n) is 14.8. The number of carbonyl (C=O) groups is 1. The number of rotatable bonds is 5. The van der Waals surface area contributed by atoms with Crippen molar-refractivity contribution in [3.05, 3.63) is 41.2 Å². The number of hydrogen-bond donors (Lipinski definition) is 0. The summed E-state index contributed by atoms with van der Waals surface area (Å²) >= 11 is 7.65. The molecule has 138 valence electrons. The minimum absolute atomic E-state index is 0.135. The van der Waals surface area contributed by atoms with E-state index in [-0.39, 0.29) is 11.6 Å². The highest BCUT2D eigenvalue weighted by Gasteiger charge is 2.25. The van der Waals surface area contributed by atoms with E-state index in [9.17, 15) is 4.79 Å². The van der Waals surface area contributed by atoms with Crippen molar-refractivity contribution in [1.82, 2.24) is 14.9 Å². The second-order valence-corrected chi connectivity index (χ2v) is 7.40. The Balaban J connectivity index is 1.65. The summed E-state index contributed by atoms with van der Waals surface area (Å²) in [5.74, 6) is 1.54. The molecule has 1 aromatic heterocycles. The largest absolute Gasteiger partial charge is 0.497 e. The maximum absolute atomic E-state index is 12.8. The van der Waals surface area contributed by atoms with Crippen molar-refractivity contribution in [3.8, 4) is 5.75 Å². The molecule has 1 saturated heterocycles. The molecule has 0 unspecified atom stereocenters. The number of hydrogen-bond acceptors (Lipinski definition) is 6. The predicted octanol–water partition coefficient (Wildman–Crippen LogP) is 3.21. The van der Waals surface area contributed by atoms with E-state index in [1.54, 1.807) is 12.0 Å². The van der Waals surface area contributed by atoms with Crippen LogP contribution in [0.2, 0.25) is 5.02 Å². The van der Waals surface area contributed by atoms with Crippen LogP contribution in [0.25, 0.3) is 0 Å². The van der Waals surface area contributed by atoms with Gasteiger partial charge in [-0.25, -0.2) is 9.97 Å². The second-order valence-electron chi connectivity index (χ2n) is 5.76. The molecule has 1 fully saturated rings. The molecule has 0 radical (unpaired) electrons. The predicted molar refractivity (Wildman–Crippen MR) is 105 cm³/mol. The Morgan fingerprint density at radius 3 is 2.54 bits per heavy atom. The van der Waals surface area contributed by atoms with Gasteiger partial charge in [0.2, 0.25) is 0 Å². The lowest BCUT2D eigenvalue weighted by molar-refractivity contribution is 0.0740. The van der Waals surface area contributed by atoms with Crippen LogP contribution in [0.5, 0.6) is 5.75 Å². The molecule has 1 aliphatic rings. The summed E-state index contributed by atoms with van der Waals surface area (Å²) in [7, 11) is 1.65. The molecule has 26 heavy (non-hydrogen) atoms. The molecule has 0 bridgehead atoms. The van der Waals surface area contributed by atoms with Crippen molar-refractivity contribution in [2.24, 2.45) is 0 Å². The molecule has 0 saturated carbocycles. The molecule has 2 aromatic rings. The maximum Gasteiger partial charge on any atom is 0.274 e. The van der Waals surface area contributed by atoms with Gasteiger partial charge >= 0.3 is 0 Å². The second kappa shape index (κ2) is 8.60. The van der Waals surface area contributed by atoms with E-state index in [1.807, 2.05) is 31.2 Å². The summed E-state index contributed by atoms with van der Waals surface area (Å²) in [6, 6.07) is 7.96. The highest BCUT2D eigenvalue weighted by Crippen LogP contribution is 2.23. The van der Waals surface area contributed by atoms with Crippen molar-refractivity contribution >= 4 is 35.0 Å². The van der Waals surface area contributed by atoms with Gasteiger partial charge in [0.05, 0.1) is 18.3 Å². The van der Waals surface area contributed by atoms with E-state index in [1.165, 1.54) is 18.0 Å². The van der Waals surface area contributed by atoms with Gasteiger partial charge in [0, 0.05) is 31.9 Å². The molecule has 1 amide bonds. The summed E-state index contributed by atoms with van der Waals surface area (Å²) in [5, 5.41) is 0.880. The molecule has 0 spiro atoms. The fraction of sp³-hybridized carbons (Fsp3) is 0.389. The van der Waals surface area contributed by atoms with Crippen LogP contribution in [0.15, 0.2) is 35.6 Å². The van der Waals surface area contributed by atoms with Crippen LogP contribution in [-0.4, -0.2) is 59.8 Å². The molecular weight excluding hydrogens is 372 g/mol. The third kappa shape index (κ3) is 4.22. The van der Waals surface area contributed by atoms with Gasteiger partial charge in [-0.05, 0) is 30.0 Å². The number of amides is 1. The van der Waals surface area contributed by atoms with Crippen molar-refractivity contribution in [2.75, 3.05) is 43.9 Å². The molecular formula is C18H21ClN4O2S. The number of carbonyl (C=O) groups excluding carboxylic acids is 1. The van der Waals surface area contributed by atoms with Crippen LogP contribution in [0.1, 0.15) is 17.4 Å². The number of nitrogens with zero attached hydrogens (tertiary/aromatic N) is 4. The van der Waals surface area contributed by atoms with Crippen LogP contribution < -0.4 is 9.64 Å². The monoisotopic (exact) mass is 392 g/mol. The first-order chi connectivity index (χ1) is 12.6. The minimum atomic E-state index is -0.135. The Morgan fingerprint density at radius 1 is 1.23 bits per heavy atom. The topological polar surface area (TPSA) is 58.6 Å². The first-order valence-corrected chi connectivity index (χ1v) is 9.82. The van der Waals surface area contributed by atoms with E-state index in [0.717, 1.165) is 30.3 Å². The lowest BCUT2D eigenvalue weighted by Gasteiger charge is -2.36. The van der Waals surface area contributed by atoms with Gasteiger partial charge < -0.3 is 14.5 Å². The van der Waals surface area contributed by atoms with Crippen molar-refractivity contribution < 1.29 is 9.53 Å². The third-order valence-corrected chi connectivity index (χ3v) is 5.22. The average molecular weight is 393 g/mol. The summed E-state index contributed by atoms with van der Waals surface area (Å²) < 4.78 is 5.19. The van der Waals surface area contributed by atoms with Crippen LogP contribution >= 0.6 is 23.4 Å². The molecule has 0 aliphatic carbocycles. The van der Waals surface area contributed by atoms with Crippen LogP contribution in [0, 0.1) is 0 Å². The Bertz CT molecular complexity index is 764. The summed E-state index contributed by atoms with van der Waals surface area (Å²) in [6.07, 6.45) is 1.51. The van der Waals surface area contributed by atoms with Gasteiger partial charge in [0.1, 0.15) is 5.75 Å². The van der Waals surface area contributed by atoms with Crippen molar-refractivity contribution in [1.29, 1.82) is 0 Å². The lowest BCUT2D eigenvalue weighted by Crippen LogP contribution is -2.49. The molecule has 6 nitrogen and oxygen atoms in total. The smallest absolute Gasteiger partial charge is 0.274 e. The van der Waals surface area contributed by atoms with E-state index < -0.39 is 0 Å². The van der Waals surface area contributed by atoms with Crippen molar-refractivity contribution in [2.45, 2.75) is 12.1 Å². The number of methoxy groups -OCH3 is 1. The minimum Gasteiger partial charge on any atom is -0.497 e. The quantitative estimate of drug-likeness (QED) is 0.575. The number of thioether (sulfide) groups is 1. The van der Waals surface area contributed by atoms with Gasteiger partial charge in [-0.15, -0.1) is 0 Å². The van der Waals surface area contributed by atoms with Gasteiger partial charge in [-0.1, -0.05) is 30.3 Å². The normalized spacial score (nSPS) is 14.4. The fourth-order valence-corrected chi connectivity index (χ4v) is 3.52. The van der Waals surface area contributed by atoms with E-state index in [4.69, 9.17) is 16.3 Å². The Morgan fingerprint density at radius 2 is 1.92 bits per heavy atom. The zero-order valence-corrected chi connectivity index (χ0v) is 16.4. The van der Waals surface area contributed by atoms with Gasteiger partial charge in [-0.2, -0.15) is 0 Å². The molecule has 1 aromatic carbocycles. The van der Waals surface area contributed by atoms with Crippen LogP contribution in [0.4, 0.5) is 5.69 Å². The highest BCUT2D eigenvalue weighted by molar-refractivity contribution is 7.99. The molecule has 0 N–H and O–H groups in total. The first kappa shape index (κ1) is 18.8. The fourth-order valence-electron chi connectivity index (χ4n) is 2.81. The number of halogens is 1. The Kier molecular flexibility index (Phi) is 6.21. The lowest BCUT2D eigenvalue weighted by atomic mass is 10.2. The van der Waals surface area contributed by atoms with Crippen LogP contribution in [0.3, 0.4) is 0 Å². The Hall–Kier alpha value is -1.99.